The van der Waals surface area contributed by atoms with Crippen LogP contribution in [0.5, 0.6) is 0 Å². The molecule has 10 heteroatoms. The van der Waals surface area contributed by atoms with E-state index in [-0.39, 0.29) is 0 Å². The first-order valence-electron chi connectivity index (χ1n) is 5.17. The van der Waals surface area contributed by atoms with Crippen LogP contribution in [0, 0.1) is 0 Å². The van der Waals surface area contributed by atoms with E-state index < -0.39 is 39.6 Å². The van der Waals surface area contributed by atoms with Crippen LogP contribution in [0.1, 0.15) is 0 Å². The van der Waals surface area contributed by atoms with Gasteiger partial charge in [-0.2, -0.15) is 0 Å². The summed E-state index contributed by atoms with van der Waals surface area (Å²) in [5, 5.41) is 39.2. The fraction of sp³-hybridized carbons (Fsp3) is 0.556. The van der Waals surface area contributed by atoms with Crippen LogP contribution in [-0.4, -0.2) is 52.4 Å². The van der Waals surface area contributed by atoms with Gasteiger partial charge in [0.15, 0.2) is 0 Å². The first-order valence-corrected chi connectivity index (χ1v) is 6.25. The predicted octanol–water partition coefficient (Wildman–Crippen LogP) is -2.99. The van der Waals surface area contributed by atoms with Crippen molar-refractivity contribution in [2.45, 2.75) is 21.7 Å². The molecule has 4 atom stereocenters. The molecule has 106 valence electrons. The van der Waals surface area contributed by atoms with Crippen molar-refractivity contribution < 1.29 is 25.2 Å². The molecule has 0 aromatic carbocycles. The summed E-state index contributed by atoms with van der Waals surface area (Å²) in [6, 6.07) is 0.939. The Balaban J connectivity index is 2.59. The summed E-state index contributed by atoms with van der Waals surface area (Å²) in [6.07, 6.45) is -2.01. The lowest BCUT2D eigenvalue weighted by atomic mass is 10.1. The minimum absolute atomic E-state index is 0.527. The maximum absolute atomic E-state index is 11.6. The summed E-state index contributed by atoms with van der Waals surface area (Å²) in [6.45, 7) is -0.674. The van der Waals surface area contributed by atoms with Crippen molar-refractivity contribution in [3.8, 4) is 0 Å². The summed E-state index contributed by atoms with van der Waals surface area (Å²) in [5.74, 6) is -2.62. The second-order valence-corrected chi connectivity index (χ2v) is 5.69. The lowest BCUT2D eigenvalue weighted by molar-refractivity contribution is -0.296. The molecule has 1 fully saturated rings. The van der Waals surface area contributed by atoms with Gasteiger partial charge in [0.25, 0.3) is 11.5 Å². The number of hydrogen-bond acceptors (Lipinski definition) is 7. The quantitative estimate of drug-likeness (QED) is 0.269. The maximum atomic E-state index is 11.6. The highest BCUT2D eigenvalue weighted by atomic mass is 127. The second kappa shape index (κ2) is 4.64. The van der Waals surface area contributed by atoms with Crippen molar-refractivity contribution in [2.75, 3.05) is 6.61 Å². The van der Waals surface area contributed by atoms with Crippen LogP contribution in [0.4, 0.5) is 0 Å². The summed E-state index contributed by atoms with van der Waals surface area (Å²) in [5.41, 5.74) is -1.73. The molecule has 1 aromatic rings. The average Bonchev–Trinajstić information content (AvgIpc) is 2.50. The van der Waals surface area contributed by atoms with Crippen molar-refractivity contribution in [3.05, 3.63) is 33.1 Å². The van der Waals surface area contributed by atoms with Crippen LogP contribution < -0.4 is 11.2 Å². The number of rotatable bonds is 2. The lowest BCUT2D eigenvalue weighted by Gasteiger charge is -2.33. The van der Waals surface area contributed by atoms with E-state index in [9.17, 15) is 24.9 Å². The number of aromatic amines is 1. The zero-order valence-electron chi connectivity index (χ0n) is 9.36. The second-order valence-electron chi connectivity index (χ2n) is 4.05. The monoisotopic (exact) mass is 386 g/mol. The highest BCUT2D eigenvalue weighted by molar-refractivity contribution is 14.1. The molecule has 2 rings (SSSR count). The molecule has 0 bridgehead atoms. The van der Waals surface area contributed by atoms with Crippen LogP contribution in [0.2, 0.25) is 0 Å². The Labute approximate surface area is 119 Å². The molecule has 9 nitrogen and oxygen atoms in total. The van der Waals surface area contributed by atoms with Gasteiger partial charge in [-0.15, -0.1) is 0 Å². The first-order chi connectivity index (χ1) is 8.74. The van der Waals surface area contributed by atoms with Gasteiger partial charge in [-0.3, -0.25) is 9.78 Å². The van der Waals surface area contributed by atoms with Crippen molar-refractivity contribution in [1.29, 1.82) is 0 Å². The van der Waals surface area contributed by atoms with E-state index in [1.54, 1.807) is 0 Å². The van der Waals surface area contributed by atoms with E-state index in [0.717, 1.165) is 12.3 Å². The Morgan fingerprint density at radius 3 is 2.58 bits per heavy atom. The SMILES string of the molecule is O=c1ccn([C@]2(O)O[C@H](CO)[C@@H](O)[C@]2(O)I)c(=O)[nH]1. The summed E-state index contributed by atoms with van der Waals surface area (Å²) < 4.78 is 3.21. The maximum Gasteiger partial charge on any atom is 0.332 e. The van der Waals surface area contributed by atoms with Crippen LogP contribution >= 0.6 is 22.6 Å². The molecule has 2 heterocycles. The molecular weight excluding hydrogens is 375 g/mol. The number of aliphatic hydroxyl groups excluding tert-OH is 2. The van der Waals surface area contributed by atoms with E-state index in [2.05, 4.69) is 0 Å². The molecule has 1 aliphatic heterocycles. The van der Waals surface area contributed by atoms with Crippen LogP contribution in [0.25, 0.3) is 0 Å². The fourth-order valence-electron chi connectivity index (χ4n) is 1.82. The standard InChI is InChI=1S/C9H11IN2O7/c10-8(17)6(15)4(3-13)19-9(8,18)12-2-1-5(14)11-7(12)16/h1-2,4,6,13,15,17-18H,3H2,(H,11,14,16)/t4-,6-,8-,9-/m1/s1. The molecule has 0 aliphatic carbocycles. The predicted molar refractivity (Wildman–Crippen MR) is 68.5 cm³/mol. The molecule has 0 spiro atoms. The lowest BCUT2D eigenvalue weighted by Crippen LogP contribution is -2.57. The summed E-state index contributed by atoms with van der Waals surface area (Å²) >= 11 is 1.31. The minimum atomic E-state index is -2.62. The molecule has 0 amide bonds. The molecule has 1 aromatic heterocycles. The molecule has 19 heavy (non-hydrogen) atoms. The summed E-state index contributed by atoms with van der Waals surface area (Å²) in [4.78, 5) is 24.5. The molecule has 1 saturated heterocycles. The third-order valence-corrected chi connectivity index (χ3v) is 4.19. The van der Waals surface area contributed by atoms with Gasteiger partial charge in [0.2, 0.25) is 3.61 Å². The van der Waals surface area contributed by atoms with Crippen LogP contribution in [0.3, 0.4) is 0 Å². The van der Waals surface area contributed by atoms with Crippen molar-refractivity contribution in [2.24, 2.45) is 0 Å². The Morgan fingerprint density at radius 1 is 1.47 bits per heavy atom. The number of ether oxygens (including phenoxy) is 1. The van der Waals surface area contributed by atoms with Gasteiger partial charge >= 0.3 is 5.69 Å². The van der Waals surface area contributed by atoms with E-state index >= 15 is 0 Å². The van der Waals surface area contributed by atoms with Gasteiger partial charge in [0.05, 0.1) is 6.61 Å². The Hall–Kier alpha value is -0.790. The first kappa shape index (κ1) is 14.6. The normalized spacial score (nSPS) is 38.6. The fourth-order valence-corrected chi connectivity index (χ4v) is 2.60. The van der Waals surface area contributed by atoms with Crippen molar-refractivity contribution in [3.63, 3.8) is 0 Å². The topological polar surface area (TPSA) is 145 Å². The Morgan fingerprint density at radius 2 is 2.11 bits per heavy atom. The zero-order valence-corrected chi connectivity index (χ0v) is 11.5. The van der Waals surface area contributed by atoms with Gasteiger partial charge in [-0.25, -0.2) is 9.36 Å². The zero-order chi connectivity index (χ0) is 14.4. The largest absolute Gasteiger partial charge is 0.394 e. The third-order valence-electron chi connectivity index (χ3n) is 2.85. The summed E-state index contributed by atoms with van der Waals surface area (Å²) in [7, 11) is 0. The van der Waals surface area contributed by atoms with Gasteiger partial charge in [0.1, 0.15) is 12.2 Å². The Kier molecular flexibility index (Phi) is 3.57. The van der Waals surface area contributed by atoms with Gasteiger partial charge in [0, 0.05) is 12.3 Å². The smallest absolute Gasteiger partial charge is 0.332 e. The number of aliphatic hydroxyl groups is 4. The van der Waals surface area contributed by atoms with Crippen molar-refractivity contribution >= 4 is 22.6 Å². The number of nitrogens with zero attached hydrogens (tertiary/aromatic N) is 1. The van der Waals surface area contributed by atoms with E-state index in [4.69, 9.17) is 9.84 Å². The molecule has 0 unspecified atom stereocenters. The molecule has 5 N–H and O–H groups in total. The molecule has 1 aliphatic rings. The van der Waals surface area contributed by atoms with E-state index in [1.165, 1.54) is 22.6 Å². The number of H-pyrrole nitrogens is 1. The molecular formula is C9H11IN2O7. The number of alkyl halides is 1. The number of hydrogen-bond donors (Lipinski definition) is 5. The van der Waals surface area contributed by atoms with E-state index in [0.29, 0.717) is 4.57 Å². The van der Waals surface area contributed by atoms with Gasteiger partial charge in [-0.1, -0.05) is 0 Å². The highest BCUT2D eigenvalue weighted by Crippen LogP contribution is 2.45. The van der Waals surface area contributed by atoms with Gasteiger partial charge in [-0.05, 0) is 22.6 Å². The number of halogens is 1. The van der Waals surface area contributed by atoms with Gasteiger partial charge < -0.3 is 25.2 Å². The van der Waals surface area contributed by atoms with Crippen molar-refractivity contribution in [1.82, 2.24) is 9.55 Å². The minimum Gasteiger partial charge on any atom is -0.394 e. The van der Waals surface area contributed by atoms with Crippen LogP contribution in [-0.2, 0) is 10.6 Å². The highest BCUT2D eigenvalue weighted by Gasteiger charge is 2.65. The third kappa shape index (κ3) is 2.04. The number of nitrogens with one attached hydrogen (secondary N) is 1. The average molecular weight is 386 g/mol. The number of aromatic nitrogens is 2. The Bertz CT molecular complexity index is 597. The molecule has 0 radical (unpaired) electrons. The van der Waals surface area contributed by atoms with Crippen LogP contribution in [0.15, 0.2) is 21.9 Å². The molecule has 0 saturated carbocycles. The van der Waals surface area contributed by atoms with E-state index in [1.807, 2.05) is 4.98 Å².